The lowest BCUT2D eigenvalue weighted by Crippen LogP contribution is -2.33. The molecular formula is C13H16ClNO3S. The quantitative estimate of drug-likeness (QED) is 0.850. The number of benzene rings is 1. The van der Waals surface area contributed by atoms with Crippen LogP contribution in [0, 0.1) is 0 Å². The minimum absolute atomic E-state index is 0.140. The molecule has 0 aliphatic carbocycles. The van der Waals surface area contributed by atoms with Gasteiger partial charge in [-0.3, -0.25) is 4.79 Å². The van der Waals surface area contributed by atoms with E-state index in [9.17, 15) is 13.2 Å². The SMILES string of the molecule is C/C=C/CS(=O)(=O)[C@@H](C)C(=O)Nc1ccc(Cl)cc1. The first-order valence-corrected chi connectivity index (χ1v) is 7.85. The third-order valence-corrected chi connectivity index (χ3v) is 4.78. The van der Waals surface area contributed by atoms with Gasteiger partial charge in [-0.05, 0) is 38.1 Å². The van der Waals surface area contributed by atoms with Crippen molar-refractivity contribution in [1.82, 2.24) is 0 Å². The van der Waals surface area contributed by atoms with E-state index in [2.05, 4.69) is 5.32 Å². The van der Waals surface area contributed by atoms with Gasteiger partial charge in [-0.25, -0.2) is 8.42 Å². The summed E-state index contributed by atoms with van der Waals surface area (Å²) < 4.78 is 23.7. The van der Waals surface area contributed by atoms with Crippen LogP contribution in [0.25, 0.3) is 0 Å². The molecule has 1 aromatic rings. The first-order valence-electron chi connectivity index (χ1n) is 5.76. The van der Waals surface area contributed by atoms with Crippen LogP contribution in [0.2, 0.25) is 5.02 Å². The molecular weight excluding hydrogens is 286 g/mol. The van der Waals surface area contributed by atoms with E-state index in [-0.39, 0.29) is 5.75 Å². The minimum atomic E-state index is -3.47. The number of amides is 1. The molecule has 4 nitrogen and oxygen atoms in total. The Morgan fingerprint density at radius 1 is 1.37 bits per heavy atom. The van der Waals surface area contributed by atoms with E-state index < -0.39 is 21.0 Å². The van der Waals surface area contributed by atoms with Gasteiger partial charge in [-0.2, -0.15) is 0 Å². The molecule has 1 aromatic carbocycles. The Hall–Kier alpha value is -1.33. The third-order valence-electron chi connectivity index (χ3n) is 2.58. The maximum Gasteiger partial charge on any atom is 0.242 e. The van der Waals surface area contributed by atoms with Crippen LogP contribution in [0.5, 0.6) is 0 Å². The van der Waals surface area contributed by atoms with Gasteiger partial charge in [0.05, 0.1) is 5.75 Å². The summed E-state index contributed by atoms with van der Waals surface area (Å²) in [5.41, 5.74) is 0.516. The summed E-state index contributed by atoms with van der Waals surface area (Å²) in [6.07, 6.45) is 3.16. The van der Waals surface area contributed by atoms with Crippen LogP contribution in [0.1, 0.15) is 13.8 Å². The fourth-order valence-corrected chi connectivity index (χ4v) is 2.58. The Kier molecular flexibility index (Phi) is 5.57. The molecule has 0 heterocycles. The normalized spacial score (nSPS) is 13.4. The second kappa shape index (κ2) is 6.73. The van der Waals surface area contributed by atoms with Gasteiger partial charge in [0, 0.05) is 10.7 Å². The van der Waals surface area contributed by atoms with Gasteiger partial charge in [-0.1, -0.05) is 23.8 Å². The van der Waals surface area contributed by atoms with Crippen molar-refractivity contribution in [1.29, 1.82) is 0 Å². The molecule has 0 saturated carbocycles. The van der Waals surface area contributed by atoms with Crippen LogP contribution in [-0.4, -0.2) is 25.3 Å². The van der Waals surface area contributed by atoms with E-state index >= 15 is 0 Å². The van der Waals surface area contributed by atoms with Crippen molar-refractivity contribution in [3.05, 3.63) is 41.4 Å². The van der Waals surface area contributed by atoms with E-state index in [1.54, 1.807) is 37.3 Å². The Morgan fingerprint density at radius 2 is 1.95 bits per heavy atom. The number of carbonyl (C=O) groups excluding carboxylic acids is 1. The van der Waals surface area contributed by atoms with Crippen LogP contribution >= 0.6 is 11.6 Å². The van der Waals surface area contributed by atoms with Crippen molar-refractivity contribution in [3.63, 3.8) is 0 Å². The predicted molar refractivity (Wildman–Crippen MR) is 78.1 cm³/mol. The van der Waals surface area contributed by atoms with Crippen LogP contribution in [0.4, 0.5) is 5.69 Å². The second-order valence-electron chi connectivity index (χ2n) is 4.04. The van der Waals surface area contributed by atoms with Crippen molar-refractivity contribution in [2.24, 2.45) is 0 Å². The highest BCUT2D eigenvalue weighted by atomic mass is 35.5. The summed E-state index contributed by atoms with van der Waals surface area (Å²) >= 11 is 5.72. The molecule has 0 saturated heterocycles. The highest BCUT2D eigenvalue weighted by molar-refractivity contribution is 7.92. The standard InChI is InChI=1S/C13H16ClNO3S/c1-3-4-9-19(17,18)10(2)13(16)15-12-7-5-11(14)6-8-12/h3-8,10H,9H2,1-2H3,(H,15,16)/b4-3+/t10-/m0/s1. The van der Waals surface area contributed by atoms with Crippen molar-refractivity contribution in [2.75, 3.05) is 11.1 Å². The zero-order valence-corrected chi connectivity index (χ0v) is 12.3. The Morgan fingerprint density at radius 3 is 2.47 bits per heavy atom. The maximum atomic E-state index is 11.9. The van der Waals surface area contributed by atoms with Gasteiger partial charge in [0.25, 0.3) is 0 Å². The topological polar surface area (TPSA) is 63.2 Å². The highest BCUT2D eigenvalue weighted by Gasteiger charge is 2.26. The molecule has 1 N–H and O–H groups in total. The minimum Gasteiger partial charge on any atom is -0.325 e. The average molecular weight is 302 g/mol. The van der Waals surface area contributed by atoms with Crippen LogP contribution in [-0.2, 0) is 14.6 Å². The molecule has 0 spiro atoms. The number of nitrogens with one attached hydrogen (secondary N) is 1. The van der Waals surface area contributed by atoms with Crippen molar-refractivity contribution < 1.29 is 13.2 Å². The van der Waals surface area contributed by atoms with Gasteiger partial charge in [0.1, 0.15) is 5.25 Å². The predicted octanol–water partition coefficient (Wildman–Crippen LogP) is 2.66. The zero-order valence-electron chi connectivity index (χ0n) is 10.8. The number of halogens is 1. The van der Waals surface area contributed by atoms with Crippen LogP contribution in [0.3, 0.4) is 0 Å². The molecule has 0 fully saturated rings. The molecule has 1 atom stereocenters. The number of allylic oxidation sites excluding steroid dienone is 1. The van der Waals surface area contributed by atoms with Crippen LogP contribution < -0.4 is 5.32 Å². The summed E-state index contributed by atoms with van der Waals surface area (Å²) in [6.45, 7) is 3.11. The smallest absolute Gasteiger partial charge is 0.242 e. The molecule has 6 heteroatoms. The second-order valence-corrected chi connectivity index (χ2v) is 6.84. The summed E-state index contributed by atoms with van der Waals surface area (Å²) in [6, 6.07) is 6.48. The Balaban J connectivity index is 2.75. The summed E-state index contributed by atoms with van der Waals surface area (Å²) in [7, 11) is -3.47. The maximum absolute atomic E-state index is 11.9. The number of hydrogen-bond donors (Lipinski definition) is 1. The summed E-state index contributed by atoms with van der Waals surface area (Å²) in [4.78, 5) is 11.9. The van der Waals surface area contributed by atoms with E-state index in [4.69, 9.17) is 11.6 Å². The van der Waals surface area contributed by atoms with E-state index in [1.807, 2.05) is 0 Å². The average Bonchev–Trinajstić information content (AvgIpc) is 2.38. The van der Waals surface area contributed by atoms with Gasteiger partial charge in [-0.15, -0.1) is 0 Å². The fraction of sp³-hybridized carbons (Fsp3) is 0.308. The molecule has 19 heavy (non-hydrogen) atoms. The Bertz CT molecular complexity index is 564. The molecule has 0 aromatic heterocycles. The van der Waals surface area contributed by atoms with Gasteiger partial charge < -0.3 is 5.32 Å². The number of anilines is 1. The fourth-order valence-electron chi connectivity index (χ4n) is 1.31. The van der Waals surface area contributed by atoms with Crippen molar-refractivity contribution >= 4 is 33.0 Å². The van der Waals surface area contributed by atoms with Gasteiger partial charge >= 0.3 is 0 Å². The number of hydrogen-bond acceptors (Lipinski definition) is 3. The molecule has 0 unspecified atom stereocenters. The third kappa shape index (κ3) is 4.69. The first-order chi connectivity index (χ1) is 8.86. The highest BCUT2D eigenvalue weighted by Crippen LogP contribution is 2.14. The van der Waals surface area contributed by atoms with E-state index in [0.717, 1.165) is 0 Å². The molecule has 0 aliphatic heterocycles. The molecule has 1 rings (SSSR count). The summed E-state index contributed by atoms with van der Waals surface area (Å²) in [5, 5.41) is 2.00. The lowest BCUT2D eigenvalue weighted by molar-refractivity contribution is -0.115. The van der Waals surface area contributed by atoms with E-state index in [1.165, 1.54) is 13.0 Å². The number of rotatable bonds is 5. The number of carbonyl (C=O) groups is 1. The van der Waals surface area contributed by atoms with Crippen molar-refractivity contribution in [2.45, 2.75) is 19.1 Å². The molecule has 104 valence electrons. The van der Waals surface area contributed by atoms with Gasteiger partial charge in [0.2, 0.25) is 5.91 Å². The van der Waals surface area contributed by atoms with Gasteiger partial charge in [0.15, 0.2) is 9.84 Å². The molecule has 0 aliphatic rings. The summed E-state index contributed by atoms with van der Waals surface area (Å²) in [5.74, 6) is -0.689. The van der Waals surface area contributed by atoms with Crippen LogP contribution in [0.15, 0.2) is 36.4 Å². The Labute approximate surface area is 118 Å². The lowest BCUT2D eigenvalue weighted by Gasteiger charge is -2.12. The molecule has 0 radical (unpaired) electrons. The monoisotopic (exact) mass is 301 g/mol. The van der Waals surface area contributed by atoms with Crippen molar-refractivity contribution in [3.8, 4) is 0 Å². The van der Waals surface area contributed by atoms with E-state index in [0.29, 0.717) is 10.7 Å². The zero-order chi connectivity index (χ0) is 14.5. The lowest BCUT2D eigenvalue weighted by atomic mass is 10.3. The first kappa shape index (κ1) is 15.7. The molecule has 0 bridgehead atoms. The molecule has 1 amide bonds. The largest absolute Gasteiger partial charge is 0.325 e. The number of sulfone groups is 1.